The third kappa shape index (κ3) is 9.01. The highest BCUT2D eigenvalue weighted by Crippen LogP contribution is 2.32. The number of nitrogens with two attached hydrogens (primary N) is 1. The number of hydrogen-bond donors (Lipinski definition) is 3. The van der Waals surface area contributed by atoms with E-state index in [0.717, 1.165) is 52.4 Å². The van der Waals surface area contributed by atoms with Crippen LogP contribution in [0.4, 0.5) is 0 Å². The number of allylic oxidation sites excluding steroid dienone is 1. The molecule has 2 heterocycles. The molecule has 0 spiro atoms. The van der Waals surface area contributed by atoms with E-state index >= 15 is 0 Å². The topological polar surface area (TPSA) is 119 Å². The van der Waals surface area contributed by atoms with Crippen molar-refractivity contribution in [2.24, 2.45) is 16.6 Å². The van der Waals surface area contributed by atoms with Crippen LogP contribution in [0.3, 0.4) is 0 Å². The first kappa shape index (κ1) is 30.0. The third-order valence-corrected chi connectivity index (χ3v) is 7.61. The predicted molar refractivity (Wildman–Crippen MR) is 160 cm³/mol. The number of rotatable bonds is 9. The quantitative estimate of drug-likeness (QED) is 0.265. The molecule has 0 aliphatic carbocycles. The average Bonchev–Trinajstić information content (AvgIpc) is 2.89. The molecule has 0 bridgehead atoms. The number of fused-ring (bicyclic) bond motifs is 1. The number of aliphatic imine (C=N–C) groups is 1. The predicted octanol–water partition coefficient (Wildman–Crippen LogP) is 4.63. The Bertz CT molecular complexity index is 1360. The second-order valence-electron chi connectivity index (χ2n) is 10.4. The molecule has 3 aromatic rings. The van der Waals surface area contributed by atoms with E-state index in [1.165, 1.54) is 18.0 Å². The summed E-state index contributed by atoms with van der Waals surface area (Å²) in [5, 5.41) is 6.54. The van der Waals surface area contributed by atoms with Crippen LogP contribution >= 0.6 is 0 Å². The molecule has 1 saturated heterocycles. The van der Waals surface area contributed by atoms with E-state index in [-0.39, 0.29) is 5.54 Å². The van der Waals surface area contributed by atoms with Gasteiger partial charge in [0.1, 0.15) is 11.5 Å². The summed E-state index contributed by atoms with van der Waals surface area (Å²) in [5.74, 6) is 2.79. The zero-order valence-electron chi connectivity index (χ0n) is 23.4. The molecule has 2 aromatic carbocycles. The monoisotopic (exact) mass is 549 g/mol. The van der Waals surface area contributed by atoms with Crippen molar-refractivity contribution in [3.05, 3.63) is 71.7 Å². The Morgan fingerprint density at radius 2 is 1.97 bits per heavy atom. The summed E-state index contributed by atoms with van der Waals surface area (Å²) in [6, 6.07) is 14.0. The number of benzene rings is 2. The van der Waals surface area contributed by atoms with Crippen molar-refractivity contribution in [2.45, 2.75) is 51.5 Å². The molecule has 4 N–H and O–H groups in total. The number of amides is 1. The fraction of sp³-hybridized carbons (Fsp3) is 0.367. The van der Waals surface area contributed by atoms with E-state index in [2.05, 4.69) is 46.6 Å². The maximum absolute atomic E-state index is 12.7. The van der Waals surface area contributed by atoms with Crippen LogP contribution < -0.4 is 21.1 Å². The lowest BCUT2D eigenvalue weighted by molar-refractivity contribution is -0.108. The zero-order valence-corrected chi connectivity index (χ0v) is 24.2. The van der Waals surface area contributed by atoms with Gasteiger partial charge in [-0.1, -0.05) is 19.1 Å². The molecule has 1 atom stereocenters. The molecule has 9 heteroatoms. The van der Waals surface area contributed by atoms with Gasteiger partial charge in [-0.2, -0.15) is 0 Å². The van der Waals surface area contributed by atoms with Crippen molar-refractivity contribution in [3.63, 3.8) is 0 Å². The molecule has 208 valence electrons. The van der Waals surface area contributed by atoms with Crippen LogP contribution in [0, 0.1) is 12.8 Å². The van der Waals surface area contributed by atoms with Gasteiger partial charge in [0.2, 0.25) is 6.41 Å². The van der Waals surface area contributed by atoms with Crippen molar-refractivity contribution < 1.29 is 13.7 Å². The summed E-state index contributed by atoms with van der Waals surface area (Å²) in [4.78, 5) is 19.5. The Morgan fingerprint density at radius 1 is 1.21 bits per heavy atom. The Morgan fingerprint density at radius 3 is 2.56 bits per heavy atom. The van der Waals surface area contributed by atoms with Gasteiger partial charge in [0, 0.05) is 47.7 Å². The van der Waals surface area contributed by atoms with E-state index in [0.29, 0.717) is 23.8 Å². The van der Waals surface area contributed by atoms with Crippen molar-refractivity contribution in [1.82, 2.24) is 15.6 Å². The van der Waals surface area contributed by atoms with Gasteiger partial charge in [0.25, 0.3) is 0 Å². The van der Waals surface area contributed by atoms with Gasteiger partial charge in [-0.05, 0) is 81.5 Å². The number of carbonyl (C=O) groups is 1. The molecule has 0 radical (unpaired) electrons. The normalized spacial score (nSPS) is 14.8. The Kier molecular flexibility index (Phi) is 10.8. The summed E-state index contributed by atoms with van der Waals surface area (Å²) in [7, 11) is -1.00. The van der Waals surface area contributed by atoms with Crippen LogP contribution in [0.1, 0.15) is 38.8 Å². The fourth-order valence-electron chi connectivity index (χ4n) is 3.73. The van der Waals surface area contributed by atoms with Crippen LogP contribution in [0.5, 0.6) is 11.5 Å². The van der Waals surface area contributed by atoms with Gasteiger partial charge >= 0.3 is 0 Å². The highest BCUT2D eigenvalue weighted by atomic mass is 32.2. The fourth-order valence-corrected chi connectivity index (χ4v) is 5.06. The molecular formula is C30H39N5O3S. The van der Waals surface area contributed by atoms with Crippen molar-refractivity contribution in [2.75, 3.05) is 18.8 Å². The van der Waals surface area contributed by atoms with Crippen LogP contribution in [0.25, 0.3) is 10.9 Å². The molecule has 1 aromatic heterocycles. The molecule has 1 fully saturated rings. The Labute approximate surface area is 233 Å². The van der Waals surface area contributed by atoms with Crippen molar-refractivity contribution in [3.8, 4) is 11.5 Å². The highest BCUT2D eigenvalue weighted by Gasteiger charge is 2.20. The number of ether oxygens (including phenoxy) is 1. The molecule has 8 nitrogen and oxygen atoms in total. The number of nitrogens with one attached hydrogen (secondary N) is 2. The lowest BCUT2D eigenvalue weighted by Crippen LogP contribution is -2.44. The molecule has 1 aliphatic heterocycles. The van der Waals surface area contributed by atoms with E-state index in [1.807, 2.05) is 51.1 Å². The molecule has 1 aliphatic rings. The van der Waals surface area contributed by atoms with Crippen LogP contribution in [0.2, 0.25) is 0 Å². The number of nitrogens with zero attached hydrogens (tertiary/aromatic N) is 2. The van der Waals surface area contributed by atoms with E-state index in [1.54, 1.807) is 6.20 Å². The first-order valence-corrected chi connectivity index (χ1v) is 14.4. The first-order chi connectivity index (χ1) is 18.6. The zero-order chi connectivity index (χ0) is 28.4. The largest absolute Gasteiger partial charge is 0.456 e. The maximum atomic E-state index is 12.7. The second-order valence-corrected chi connectivity index (χ2v) is 11.9. The molecular weight excluding hydrogens is 510 g/mol. The number of hydrogen-bond acceptors (Lipinski definition) is 7. The maximum Gasteiger partial charge on any atom is 0.211 e. The standard InChI is InChI=1S/C22H24N2O2S.C8H15N3O/c1-3-16-4-7-21(15(2)10-16)26-22-8-9-24-20-6-5-18(11-19(20)22)27(25)14-17-12-23-13-17;1-8(2,3)11-5-7(4-9)10-6-12/h4-11,17,23H,3,12-14H2,1-2H3;4-6H,9H2,1-3H3,(H,10,12)/b;7-4+,11-5?. The SMILES string of the molecule is CC(C)(C)N=C/C(=C\N)NC=O.CCc1ccc(Oc2ccnc3ccc(S(=O)CC4CNC4)cc23)c(C)c1. The smallest absolute Gasteiger partial charge is 0.211 e. The highest BCUT2D eigenvalue weighted by molar-refractivity contribution is 7.85. The Balaban J connectivity index is 0.000000298. The molecule has 0 saturated carbocycles. The van der Waals surface area contributed by atoms with Crippen LogP contribution in [-0.4, -0.2) is 46.2 Å². The number of pyridine rings is 1. The van der Waals surface area contributed by atoms with Crippen molar-refractivity contribution in [1.29, 1.82) is 0 Å². The summed E-state index contributed by atoms with van der Waals surface area (Å²) >= 11 is 0. The average molecular weight is 550 g/mol. The summed E-state index contributed by atoms with van der Waals surface area (Å²) in [6.07, 6.45) is 6.15. The summed E-state index contributed by atoms with van der Waals surface area (Å²) in [6.45, 7) is 12.0. The van der Waals surface area contributed by atoms with E-state index < -0.39 is 10.8 Å². The van der Waals surface area contributed by atoms with E-state index in [9.17, 15) is 9.00 Å². The molecule has 4 rings (SSSR count). The van der Waals surface area contributed by atoms with Crippen molar-refractivity contribution >= 4 is 34.3 Å². The number of carbonyl (C=O) groups excluding carboxylic acids is 1. The lowest BCUT2D eigenvalue weighted by atomic mass is 10.1. The molecule has 1 unspecified atom stereocenters. The van der Waals surface area contributed by atoms with Gasteiger partial charge in [-0.3, -0.25) is 19.0 Å². The molecule has 39 heavy (non-hydrogen) atoms. The van der Waals surface area contributed by atoms with Gasteiger partial charge in [-0.25, -0.2) is 0 Å². The van der Waals surface area contributed by atoms with Crippen LogP contribution in [-0.2, 0) is 22.0 Å². The summed E-state index contributed by atoms with van der Waals surface area (Å²) < 4.78 is 18.9. The van der Waals surface area contributed by atoms with Crippen LogP contribution in [0.15, 0.2) is 70.4 Å². The first-order valence-electron chi connectivity index (χ1n) is 13.1. The lowest BCUT2D eigenvalue weighted by Gasteiger charge is -2.26. The second kappa shape index (κ2) is 14.0. The molecule has 1 amide bonds. The van der Waals surface area contributed by atoms with Gasteiger partial charge in [0.15, 0.2) is 0 Å². The minimum atomic E-state index is -1.00. The number of aromatic nitrogens is 1. The third-order valence-electron chi connectivity index (χ3n) is 6.05. The van der Waals surface area contributed by atoms with Gasteiger partial charge in [0.05, 0.1) is 27.6 Å². The van der Waals surface area contributed by atoms with Gasteiger partial charge < -0.3 is 21.1 Å². The Hall–Kier alpha value is -3.56. The minimum absolute atomic E-state index is 0.154. The van der Waals surface area contributed by atoms with E-state index in [4.69, 9.17) is 10.5 Å². The number of aryl methyl sites for hydroxylation is 2. The summed E-state index contributed by atoms with van der Waals surface area (Å²) in [5.41, 5.74) is 8.81. The van der Waals surface area contributed by atoms with Gasteiger partial charge in [-0.15, -0.1) is 0 Å². The minimum Gasteiger partial charge on any atom is -0.456 e.